The summed E-state index contributed by atoms with van der Waals surface area (Å²) in [4.78, 5) is 22.3. The molecule has 0 amide bonds. The lowest BCUT2D eigenvalue weighted by atomic mass is 10.1. The predicted molar refractivity (Wildman–Crippen MR) is 106 cm³/mol. The van der Waals surface area contributed by atoms with Crippen LogP contribution in [0.15, 0.2) is 69.7 Å². The molecular formula is C20H14N2O2S2. The summed E-state index contributed by atoms with van der Waals surface area (Å²) in [6.07, 6.45) is -0.255. The fraction of sp³-hybridized carbons (Fsp3) is 0.100. The molecule has 0 saturated heterocycles. The first-order valence-corrected chi connectivity index (χ1v) is 10.1. The van der Waals surface area contributed by atoms with E-state index in [0.717, 1.165) is 32.4 Å². The fourth-order valence-electron chi connectivity index (χ4n) is 3.10. The minimum atomic E-state index is -0.255. The lowest BCUT2D eigenvalue weighted by Gasteiger charge is -2.24. The number of thioether (sulfide) groups is 1. The van der Waals surface area contributed by atoms with Gasteiger partial charge in [0.2, 0.25) is 0 Å². The van der Waals surface area contributed by atoms with E-state index >= 15 is 0 Å². The number of benzene rings is 2. The topological polar surface area (TPSA) is 55.0 Å². The average Bonchev–Trinajstić information content (AvgIpc) is 3.13. The number of ether oxygens (including phenoxy) is 1. The molecule has 1 aliphatic heterocycles. The molecule has 26 heavy (non-hydrogen) atoms. The predicted octanol–water partition coefficient (Wildman–Crippen LogP) is 4.88. The molecule has 0 radical (unpaired) electrons. The van der Waals surface area contributed by atoms with Crippen LogP contribution in [0.2, 0.25) is 0 Å². The summed E-state index contributed by atoms with van der Waals surface area (Å²) >= 11 is 3.21. The molecule has 2 aromatic carbocycles. The first kappa shape index (κ1) is 15.7. The van der Waals surface area contributed by atoms with Gasteiger partial charge in [-0.05, 0) is 17.7 Å². The van der Waals surface area contributed by atoms with Gasteiger partial charge in [0, 0.05) is 21.6 Å². The maximum atomic E-state index is 12.8. The molecule has 0 saturated carbocycles. The molecule has 1 unspecified atom stereocenters. The van der Waals surface area contributed by atoms with Crippen LogP contribution in [-0.2, 0) is 0 Å². The summed E-state index contributed by atoms with van der Waals surface area (Å²) in [7, 11) is 0. The molecule has 0 fully saturated rings. The van der Waals surface area contributed by atoms with E-state index in [9.17, 15) is 4.79 Å². The van der Waals surface area contributed by atoms with Crippen LogP contribution < -0.4 is 10.3 Å². The lowest BCUT2D eigenvalue weighted by molar-refractivity contribution is 0.210. The van der Waals surface area contributed by atoms with E-state index in [0.29, 0.717) is 11.2 Å². The molecule has 0 aliphatic carbocycles. The molecule has 0 bridgehead atoms. The highest BCUT2D eigenvalue weighted by Gasteiger charge is 2.25. The Morgan fingerprint density at radius 3 is 2.77 bits per heavy atom. The minimum Gasteiger partial charge on any atom is -0.480 e. The largest absolute Gasteiger partial charge is 0.480 e. The Hall–Kier alpha value is -2.57. The van der Waals surface area contributed by atoms with Gasteiger partial charge in [0.1, 0.15) is 10.6 Å². The van der Waals surface area contributed by atoms with Gasteiger partial charge in [-0.25, -0.2) is 4.98 Å². The normalized spacial score (nSPS) is 16.2. The summed E-state index contributed by atoms with van der Waals surface area (Å²) < 4.78 is 6.06. The third kappa shape index (κ3) is 2.62. The summed E-state index contributed by atoms with van der Waals surface area (Å²) in [5.74, 6) is 2.15. The van der Waals surface area contributed by atoms with Gasteiger partial charge in [0.05, 0.1) is 5.39 Å². The van der Waals surface area contributed by atoms with Crippen LogP contribution in [0.3, 0.4) is 0 Å². The van der Waals surface area contributed by atoms with Crippen molar-refractivity contribution in [1.82, 2.24) is 9.97 Å². The molecule has 4 nitrogen and oxygen atoms in total. The zero-order chi connectivity index (χ0) is 17.5. The number of thiophene rings is 1. The van der Waals surface area contributed by atoms with Crippen molar-refractivity contribution in [3.05, 3.63) is 76.2 Å². The summed E-state index contributed by atoms with van der Waals surface area (Å²) in [6, 6.07) is 17.9. The van der Waals surface area contributed by atoms with Crippen molar-refractivity contribution in [2.75, 3.05) is 5.75 Å². The number of nitrogens with zero attached hydrogens (tertiary/aromatic N) is 1. The zero-order valence-corrected chi connectivity index (χ0v) is 15.3. The van der Waals surface area contributed by atoms with Crippen LogP contribution in [0.1, 0.15) is 11.9 Å². The minimum absolute atomic E-state index is 0.113. The molecule has 6 heteroatoms. The quantitative estimate of drug-likeness (QED) is 0.540. The standard InChI is InChI=1S/C20H14N2O2S2/c23-19-17-13(12-6-2-1-3-7-12)10-26-20(17)22-18(21-19)15-11-25-16-9-5-4-8-14(16)24-15/h1-10,15H,11H2,(H,21,22,23). The van der Waals surface area contributed by atoms with E-state index in [2.05, 4.69) is 4.98 Å². The van der Waals surface area contributed by atoms with Gasteiger partial charge in [-0.1, -0.05) is 42.5 Å². The van der Waals surface area contributed by atoms with Crippen molar-refractivity contribution in [2.45, 2.75) is 11.0 Å². The first-order chi connectivity index (χ1) is 12.8. The van der Waals surface area contributed by atoms with Gasteiger partial charge in [-0.3, -0.25) is 4.79 Å². The fourth-order valence-corrected chi connectivity index (χ4v) is 5.05. The second-order valence-electron chi connectivity index (χ2n) is 6.01. The van der Waals surface area contributed by atoms with Gasteiger partial charge >= 0.3 is 0 Å². The van der Waals surface area contributed by atoms with Gasteiger partial charge in [-0.2, -0.15) is 0 Å². The van der Waals surface area contributed by atoms with Gasteiger partial charge in [0.15, 0.2) is 11.9 Å². The van der Waals surface area contributed by atoms with Crippen LogP contribution in [-0.4, -0.2) is 15.7 Å². The molecule has 2 aromatic heterocycles. The van der Waals surface area contributed by atoms with Crippen molar-refractivity contribution < 1.29 is 4.74 Å². The highest BCUT2D eigenvalue weighted by Crippen LogP contribution is 2.39. The van der Waals surface area contributed by atoms with Gasteiger partial charge < -0.3 is 9.72 Å². The van der Waals surface area contributed by atoms with Crippen molar-refractivity contribution in [3.8, 4) is 16.9 Å². The number of para-hydroxylation sites is 1. The Balaban J connectivity index is 1.57. The maximum Gasteiger partial charge on any atom is 0.260 e. The molecule has 4 aromatic rings. The lowest BCUT2D eigenvalue weighted by Crippen LogP contribution is -2.21. The van der Waals surface area contributed by atoms with Crippen molar-refractivity contribution in [1.29, 1.82) is 0 Å². The van der Waals surface area contributed by atoms with Gasteiger partial charge in [0.25, 0.3) is 5.56 Å². The number of hydrogen-bond acceptors (Lipinski definition) is 5. The Morgan fingerprint density at radius 1 is 1.08 bits per heavy atom. The second kappa shape index (κ2) is 6.30. The third-order valence-electron chi connectivity index (χ3n) is 4.36. The van der Waals surface area contributed by atoms with E-state index in [-0.39, 0.29) is 11.7 Å². The highest BCUT2D eigenvalue weighted by atomic mass is 32.2. The van der Waals surface area contributed by atoms with Crippen LogP contribution in [0, 0.1) is 0 Å². The third-order valence-corrected chi connectivity index (χ3v) is 6.35. The van der Waals surface area contributed by atoms with Gasteiger partial charge in [-0.15, -0.1) is 23.1 Å². The SMILES string of the molecule is O=c1[nH]c(C2CSc3ccccc3O2)nc2scc(-c3ccccc3)c12. The number of hydrogen-bond donors (Lipinski definition) is 1. The van der Waals surface area contributed by atoms with Crippen LogP contribution >= 0.6 is 23.1 Å². The smallest absolute Gasteiger partial charge is 0.260 e. The van der Waals surface area contributed by atoms with Crippen LogP contribution in [0.25, 0.3) is 21.3 Å². The number of fused-ring (bicyclic) bond motifs is 2. The average molecular weight is 378 g/mol. The molecule has 5 rings (SSSR count). The Kier molecular flexibility index (Phi) is 3.80. The van der Waals surface area contributed by atoms with E-state index in [4.69, 9.17) is 9.72 Å². The molecule has 1 atom stereocenters. The molecule has 1 aliphatic rings. The number of nitrogens with one attached hydrogen (secondary N) is 1. The first-order valence-electron chi connectivity index (χ1n) is 8.25. The zero-order valence-electron chi connectivity index (χ0n) is 13.6. The van der Waals surface area contributed by atoms with Crippen molar-refractivity contribution in [2.24, 2.45) is 0 Å². The van der Waals surface area contributed by atoms with Crippen molar-refractivity contribution in [3.63, 3.8) is 0 Å². The molecule has 3 heterocycles. The molecule has 1 N–H and O–H groups in total. The Morgan fingerprint density at radius 2 is 1.88 bits per heavy atom. The van der Waals surface area contributed by atoms with E-state index in [1.54, 1.807) is 11.8 Å². The number of aromatic amines is 1. The van der Waals surface area contributed by atoms with Crippen LogP contribution in [0.4, 0.5) is 0 Å². The summed E-state index contributed by atoms with van der Waals surface area (Å²) in [5, 5.41) is 2.64. The Labute approximate surface area is 157 Å². The van der Waals surface area contributed by atoms with E-state index in [1.165, 1.54) is 11.3 Å². The van der Waals surface area contributed by atoms with E-state index in [1.807, 2.05) is 60.0 Å². The molecule has 0 spiro atoms. The summed E-state index contributed by atoms with van der Waals surface area (Å²) in [5.41, 5.74) is 1.84. The number of aromatic nitrogens is 2. The number of rotatable bonds is 2. The molecule has 128 valence electrons. The summed E-state index contributed by atoms with van der Waals surface area (Å²) in [6.45, 7) is 0. The monoisotopic (exact) mass is 378 g/mol. The molecular weight excluding hydrogens is 364 g/mol. The number of H-pyrrole nitrogens is 1. The maximum absolute atomic E-state index is 12.8. The van der Waals surface area contributed by atoms with Crippen LogP contribution in [0.5, 0.6) is 5.75 Å². The Bertz CT molecular complexity index is 1150. The van der Waals surface area contributed by atoms with Crippen molar-refractivity contribution >= 4 is 33.3 Å². The highest BCUT2D eigenvalue weighted by molar-refractivity contribution is 7.99. The van der Waals surface area contributed by atoms with E-state index < -0.39 is 0 Å². The second-order valence-corrected chi connectivity index (χ2v) is 7.93.